The monoisotopic (exact) mass is 829 g/mol. The van der Waals surface area contributed by atoms with Gasteiger partial charge in [-0.25, -0.2) is 0 Å². The second-order valence-corrected chi connectivity index (χ2v) is 18.0. The molecule has 0 N–H and O–H groups in total. The van der Waals surface area contributed by atoms with Crippen molar-refractivity contribution in [2.45, 2.75) is 24.7 Å². The highest BCUT2D eigenvalue weighted by Crippen LogP contribution is 2.62. The third-order valence-corrected chi connectivity index (χ3v) is 14.2. The van der Waals surface area contributed by atoms with Gasteiger partial charge in [0.2, 0.25) is 0 Å². The molecule has 1 heteroatoms. The van der Waals surface area contributed by atoms with Gasteiger partial charge in [-0.2, -0.15) is 0 Å². The number of nitrogens with zero attached hydrogens (tertiary/aromatic N) is 1. The number of rotatable bonds is 7. The Balaban J connectivity index is 1.02. The smallest absolute Gasteiger partial charge is 0.0719 e. The van der Waals surface area contributed by atoms with E-state index in [9.17, 15) is 0 Å². The Hall–Kier alpha value is -8.00. The predicted octanol–water partition coefficient (Wildman–Crippen LogP) is 16.8. The van der Waals surface area contributed by atoms with Crippen LogP contribution in [0.3, 0.4) is 0 Å². The molecule has 0 saturated heterocycles. The van der Waals surface area contributed by atoms with Crippen LogP contribution in [0.4, 0.5) is 17.1 Å². The summed E-state index contributed by atoms with van der Waals surface area (Å²) in [5.74, 6) is 0. The molecule has 10 aromatic carbocycles. The van der Waals surface area contributed by atoms with Crippen molar-refractivity contribution in [3.05, 3.63) is 282 Å². The van der Waals surface area contributed by atoms with Crippen molar-refractivity contribution in [1.82, 2.24) is 0 Å². The molecule has 10 aromatic rings. The number of benzene rings is 10. The van der Waals surface area contributed by atoms with Crippen LogP contribution in [0.25, 0.3) is 55.6 Å². The molecule has 0 aromatic heterocycles. The first kappa shape index (κ1) is 38.7. The molecule has 1 spiro atoms. The van der Waals surface area contributed by atoms with Gasteiger partial charge in [0.15, 0.2) is 0 Å². The average molecular weight is 830 g/mol. The molecule has 0 heterocycles. The Labute approximate surface area is 382 Å². The fraction of sp³-hybridized carbons (Fsp3) is 0.0625. The minimum Gasteiger partial charge on any atom is -0.310 e. The highest BCUT2D eigenvalue weighted by atomic mass is 15.1. The van der Waals surface area contributed by atoms with Crippen molar-refractivity contribution in [2.24, 2.45) is 0 Å². The summed E-state index contributed by atoms with van der Waals surface area (Å²) in [6, 6.07) is 91.9. The minimum atomic E-state index is -0.417. The SMILES string of the molecule is CC1(C)c2ccccc2C2(c3ccccc3-c3ccccc32)c2ccc(-c3cccc(N(c4cccc(-c5ccc(-c6ccccc6)cc5)c4)c4ccccc4-c4ccccc4)c3)cc21. The highest BCUT2D eigenvalue weighted by Gasteiger charge is 2.53. The van der Waals surface area contributed by atoms with Crippen molar-refractivity contribution in [1.29, 1.82) is 0 Å². The molecule has 12 rings (SSSR count). The Bertz CT molecular complexity index is 3350. The van der Waals surface area contributed by atoms with Crippen LogP contribution < -0.4 is 4.90 Å². The Morgan fingerprint density at radius 3 is 1.28 bits per heavy atom. The molecule has 65 heavy (non-hydrogen) atoms. The first-order valence-corrected chi connectivity index (χ1v) is 22.8. The zero-order chi connectivity index (χ0) is 43.5. The van der Waals surface area contributed by atoms with Gasteiger partial charge < -0.3 is 4.90 Å². The predicted molar refractivity (Wildman–Crippen MR) is 272 cm³/mol. The van der Waals surface area contributed by atoms with E-state index in [0.29, 0.717) is 0 Å². The number of para-hydroxylation sites is 1. The zero-order valence-electron chi connectivity index (χ0n) is 36.6. The van der Waals surface area contributed by atoms with Gasteiger partial charge in [-0.05, 0) is 120 Å². The molecule has 0 unspecified atom stereocenters. The maximum Gasteiger partial charge on any atom is 0.0719 e. The van der Waals surface area contributed by atoms with E-state index < -0.39 is 5.41 Å². The van der Waals surface area contributed by atoms with E-state index in [1.165, 1.54) is 89.0 Å². The van der Waals surface area contributed by atoms with E-state index in [4.69, 9.17) is 0 Å². The van der Waals surface area contributed by atoms with E-state index in [0.717, 1.165) is 17.1 Å². The number of hydrogen-bond acceptors (Lipinski definition) is 1. The molecule has 0 bridgehead atoms. The van der Waals surface area contributed by atoms with Crippen molar-refractivity contribution in [3.8, 4) is 55.6 Å². The van der Waals surface area contributed by atoms with Crippen molar-refractivity contribution in [2.75, 3.05) is 4.90 Å². The van der Waals surface area contributed by atoms with Crippen molar-refractivity contribution in [3.63, 3.8) is 0 Å². The highest BCUT2D eigenvalue weighted by molar-refractivity contribution is 5.92. The number of fused-ring (bicyclic) bond motifs is 9. The molecule has 0 aliphatic heterocycles. The van der Waals surface area contributed by atoms with Crippen LogP contribution in [0, 0.1) is 0 Å². The first-order valence-electron chi connectivity index (χ1n) is 22.8. The first-order chi connectivity index (χ1) is 32.0. The molecular formula is C64H47N. The Kier molecular flexibility index (Phi) is 9.14. The van der Waals surface area contributed by atoms with Crippen LogP contribution in [-0.2, 0) is 10.8 Å². The summed E-state index contributed by atoms with van der Waals surface area (Å²) in [7, 11) is 0. The summed E-state index contributed by atoms with van der Waals surface area (Å²) in [6.07, 6.45) is 0. The second kappa shape index (κ2) is 15.4. The summed E-state index contributed by atoms with van der Waals surface area (Å²) in [4.78, 5) is 2.44. The Morgan fingerprint density at radius 2 is 0.662 bits per heavy atom. The van der Waals surface area contributed by atoms with Gasteiger partial charge in [-0.3, -0.25) is 0 Å². The van der Waals surface area contributed by atoms with Crippen LogP contribution >= 0.6 is 0 Å². The van der Waals surface area contributed by atoms with Gasteiger partial charge in [0.25, 0.3) is 0 Å². The van der Waals surface area contributed by atoms with Gasteiger partial charge in [0.05, 0.1) is 11.1 Å². The van der Waals surface area contributed by atoms with Crippen LogP contribution in [0.5, 0.6) is 0 Å². The molecular weight excluding hydrogens is 783 g/mol. The van der Waals surface area contributed by atoms with E-state index in [1.54, 1.807) is 0 Å². The number of anilines is 3. The lowest BCUT2D eigenvalue weighted by Gasteiger charge is -2.46. The lowest BCUT2D eigenvalue weighted by molar-refractivity contribution is 0.563. The average Bonchev–Trinajstić information content (AvgIpc) is 3.67. The molecule has 0 saturated carbocycles. The molecule has 308 valence electrons. The van der Waals surface area contributed by atoms with Crippen LogP contribution in [0.1, 0.15) is 47.2 Å². The molecule has 2 aliphatic rings. The summed E-state index contributed by atoms with van der Waals surface area (Å²) < 4.78 is 0. The van der Waals surface area contributed by atoms with E-state index >= 15 is 0 Å². The van der Waals surface area contributed by atoms with Gasteiger partial charge in [0, 0.05) is 22.4 Å². The third-order valence-electron chi connectivity index (χ3n) is 14.2. The Morgan fingerprint density at radius 1 is 0.262 bits per heavy atom. The fourth-order valence-corrected chi connectivity index (χ4v) is 11.1. The summed E-state index contributed by atoms with van der Waals surface area (Å²) in [5.41, 5.74) is 23.0. The zero-order valence-corrected chi connectivity index (χ0v) is 36.6. The van der Waals surface area contributed by atoms with E-state index in [-0.39, 0.29) is 5.41 Å². The third kappa shape index (κ3) is 6.15. The normalized spacial score (nSPS) is 13.6. The maximum absolute atomic E-state index is 2.50. The fourth-order valence-electron chi connectivity index (χ4n) is 11.1. The largest absolute Gasteiger partial charge is 0.310 e. The van der Waals surface area contributed by atoms with Crippen LogP contribution in [0.2, 0.25) is 0 Å². The number of hydrogen-bond donors (Lipinski definition) is 0. The van der Waals surface area contributed by atoms with Crippen LogP contribution in [-0.4, -0.2) is 0 Å². The summed E-state index contributed by atoms with van der Waals surface area (Å²) in [5, 5.41) is 0. The van der Waals surface area contributed by atoms with Gasteiger partial charge >= 0.3 is 0 Å². The van der Waals surface area contributed by atoms with Gasteiger partial charge in [-0.1, -0.05) is 226 Å². The maximum atomic E-state index is 2.50. The molecule has 0 fully saturated rings. The lowest BCUT2D eigenvalue weighted by Crippen LogP contribution is -2.40. The standard InChI is InChI=1S/C64H47N/c1-63(2)58-32-14-15-33-59(58)64(56-30-12-9-28-54(56)55-29-10-13-31-57(55)64)60-40-39-50(43-61(60)63)49-24-18-26-52(42-49)65(62-34-16-11-27-53(62)47-21-7-4-8-22-47)51-25-17-23-48(41-51)46-37-35-45(36-38-46)44-19-5-3-6-20-44/h3-43H,1-2H3. The minimum absolute atomic E-state index is 0.238. The second-order valence-electron chi connectivity index (χ2n) is 18.0. The summed E-state index contributed by atoms with van der Waals surface area (Å²) in [6.45, 7) is 4.82. The quantitative estimate of drug-likeness (QED) is 0.155. The van der Waals surface area contributed by atoms with Crippen LogP contribution in [0.15, 0.2) is 249 Å². The molecule has 0 radical (unpaired) electrons. The van der Waals surface area contributed by atoms with E-state index in [2.05, 4.69) is 267 Å². The van der Waals surface area contributed by atoms with Gasteiger partial charge in [-0.15, -0.1) is 0 Å². The van der Waals surface area contributed by atoms with Gasteiger partial charge in [0.1, 0.15) is 0 Å². The molecule has 2 aliphatic carbocycles. The van der Waals surface area contributed by atoms with E-state index in [1.807, 2.05) is 0 Å². The van der Waals surface area contributed by atoms with Crippen molar-refractivity contribution < 1.29 is 0 Å². The van der Waals surface area contributed by atoms with Crippen molar-refractivity contribution >= 4 is 17.1 Å². The molecule has 1 nitrogen and oxygen atoms in total. The lowest BCUT2D eigenvalue weighted by atomic mass is 9.55. The molecule has 0 amide bonds. The summed E-state index contributed by atoms with van der Waals surface area (Å²) >= 11 is 0. The molecule has 0 atom stereocenters. The topological polar surface area (TPSA) is 3.24 Å².